The monoisotopic (exact) mass is 680 g/mol. The minimum atomic E-state index is -1.95. The summed E-state index contributed by atoms with van der Waals surface area (Å²) in [6.07, 6.45) is 3.84. The predicted molar refractivity (Wildman–Crippen MR) is 188 cm³/mol. The van der Waals surface area contributed by atoms with Gasteiger partial charge in [-0.1, -0.05) is 104 Å². The maximum absolute atomic E-state index is 12.6. The van der Waals surface area contributed by atoms with Gasteiger partial charge in [0.05, 0.1) is 31.9 Å². The maximum Gasteiger partial charge on any atom is 0.225 e. The van der Waals surface area contributed by atoms with Crippen molar-refractivity contribution in [3.05, 3.63) is 131 Å². The number of hydrogen-bond donors (Lipinski definition) is 1. The van der Waals surface area contributed by atoms with E-state index in [2.05, 4.69) is 14.9 Å². The summed E-state index contributed by atoms with van der Waals surface area (Å²) in [5.41, 5.74) is 4.45. The van der Waals surface area contributed by atoms with Crippen molar-refractivity contribution in [2.45, 2.75) is 75.6 Å². The Balaban J connectivity index is 1.23. The van der Waals surface area contributed by atoms with Crippen molar-refractivity contribution in [2.24, 2.45) is 0 Å². The molecule has 2 aromatic heterocycles. The number of halogens is 1. The number of anilines is 1. The van der Waals surface area contributed by atoms with Gasteiger partial charge >= 0.3 is 0 Å². The van der Waals surface area contributed by atoms with E-state index in [9.17, 15) is 5.11 Å². The van der Waals surface area contributed by atoms with Gasteiger partial charge in [-0.3, -0.25) is 4.98 Å². The summed E-state index contributed by atoms with van der Waals surface area (Å²) < 4.78 is 25.9. The molecule has 4 atom stereocenters. The Kier molecular flexibility index (Phi) is 10.5. The van der Waals surface area contributed by atoms with Gasteiger partial charge in [0.15, 0.2) is 5.82 Å². The number of aliphatic hydroxyl groups is 1. The van der Waals surface area contributed by atoms with Gasteiger partial charge in [-0.05, 0) is 47.2 Å². The number of pyridine rings is 1. The second kappa shape index (κ2) is 15.3. The minimum Gasteiger partial charge on any atom is -0.374 e. The number of fused-ring (bicyclic) bond motifs is 1. The molecule has 0 radical (unpaired) electrons. The van der Waals surface area contributed by atoms with Crippen LogP contribution >= 0.6 is 11.6 Å². The molecule has 1 N–H and O–H groups in total. The molecular formula is C39H41ClN4O5. The molecule has 49 heavy (non-hydrogen) atoms. The first-order valence-electron chi connectivity index (χ1n) is 16.9. The summed E-state index contributed by atoms with van der Waals surface area (Å²) in [5.74, 6) is -1.28. The van der Waals surface area contributed by atoms with E-state index in [4.69, 9.17) is 35.5 Å². The predicted octanol–water partition coefficient (Wildman–Crippen LogP) is 6.99. The molecule has 0 bridgehead atoms. The van der Waals surface area contributed by atoms with Gasteiger partial charge in [-0.2, -0.15) is 4.98 Å². The zero-order valence-corrected chi connectivity index (χ0v) is 28.3. The van der Waals surface area contributed by atoms with Crippen LogP contribution in [-0.4, -0.2) is 58.1 Å². The van der Waals surface area contributed by atoms with Crippen LogP contribution in [0.1, 0.15) is 47.9 Å². The van der Waals surface area contributed by atoms with E-state index in [0.29, 0.717) is 41.7 Å². The van der Waals surface area contributed by atoms with Gasteiger partial charge in [0.2, 0.25) is 11.1 Å². The van der Waals surface area contributed by atoms with Crippen LogP contribution in [0, 0.1) is 0 Å². The number of ether oxygens (including phenoxy) is 4. The van der Waals surface area contributed by atoms with E-state index in [1.165, 1.54) is 12.8 Å². The summed E-state index contributed by atoms with van der Waals surface area (Å²) >= 11 is 6.49. The highest BCUT2D eigenvalue weighted by atomic mass is 35.5. The maximum atomic E-state index is 12.6. The molecule has 1 saturated heterocycles. The molecule has 1 unspecified atom stereocenters. The Morgan fingerprint density at radius 2 is 1.43 bits per heavy atom. The zero-order valence-electron chi connectivity index (χ0n) is 27.5. The average molecular weight is 681 g/mol. The van der Waals surface area contributed by atoms with Crippen LogP contribution in [0.15, 0.2) is 103 Å². The summed E-state index contributed by atoms with van der Waals surface area (Å²) in [5, 5.41) is 12.7. The van der Waals surface area contributed by atoms with Gasteiger partial charge < -0.3 is 29.0 Å². The Morgan fingerprint density at radius 1 is 0.837 bits per heavy atom. The van der Waals surface area contributed by atoms with E-state index in [1.54, 1.807) is 12.3 Å². The normalized spacial score (nSPS) is 22.6. The number of rotatable bonds is 13. The van der Waals surface area contributed by atoms with Gasteiger partial charge in [-0.15, -0.1) is 0 Å². The Labute approximate surface area is 291 Å². The molecule has 5 aromatic rings. The van der Waals surface area contributed by atoms with Gasteiger partial charge in [-0.25, -0.2) is 4.98 Å². The van der Waals surface area contributed by atoms with E-state index in [0.717, 1.165) is 29.5 Å². The molecule has 1 aliphatic heterocycles. The molecule has 3 heterocycles. The fourth-order valence-electron chi connectivity index (χ4n) is 6.82. The highest BCUT2D eigenvalue weighted by Crippen LogP contribution is 2.43. The van der Waals surface area contributed by atoms with E-state index >= 15 is 0 Å². The van der Waals surface area contributed by atoms with Crippen LogP contribution in [0.4, 0.5) is 5.82 Å². The summed E-state index contributed by atoms with van der Waals surface area (Å²) in [7, 11) is 2.03. The molecule has 10 heteroatoms. The van der Waals surface area contributed by atoms with Crippen molar-refractivity contribution in [2.75, 3.05) is 18.6 Å². The smallest absolute Gasteiger partial charge is 0.225 e. The van der Waals surface area contributed by atoms with Crippen LogP contribution in [-0.2, 0) is 44.6 Å². The lowest BCUT2D eigenvalue weighted by Crippen LogP contribution is -2.44. The van der Waals surface area contributed by atoms with Crippen molar-refractivity contribution < 1.29 is 24.1 Å². The first kappa shape index (κ1) is 33.5. The lowest BCUT2D eigenvalue weighted by molar-refractivity contribution is -0.253. The van der Waals surface area contributed by atoms with Crippen LogP contribution in [0.2, 0.25) is 5.28 Å². The third-order valence-electron chi connectivity index (χ3n) is 9.44. The fraction of sp³-hybridized carbons (Fsp3) is 0.359. The highest BCUT2D eigenvalue weighted by molar-refractivity contribution is 6.28. The van der Waals surface area contributed by atoms with Crippen LogP contribution < -0.4 is 4.90 Å². The quantitative estimate of drug-likeness (QED) is 0.132. The Morgan fingerprint density at radius 3 is 2.06 bits per heavy atom. The van der Waals surface area contributed by atoms with Gasteiger partial charge in [0.1, 0.15) is 23.8 Å². The molecule has 1 saturated carbocycles. The van der Waals surface area contributed by atoms with Crippen LogP contribution in [0.25, 0.3) is 11.0 Å². The molecule has 3 aromatic carbocycles. The van der Waals surface area contributed by atoms with E-state index < -0.39 is 24.1 Å². The van der Waals surface area contributed by atoms with Crippen molar-refractivity contribution in [1.29, 1.82) is 0 Å². The topological polar surface area (TPSA) is 99.1 Å². The third kappa shape index (κ3) is 7.62. The first-order chi connectivity index (χ1) is 24.0. The first-order valence-corrected chi connectivity index (χ1v) is 17.3. The molecule has 0 amide bonds. The van der Waals surface area contributed by atoms with Crippen molar-refractivity contribution in [3.63, 3.8) is 0 Å². The molecular weight excluding hydrogens is 640 g/mol. The molecule has 254 valence electrons. The molecule has 9 nitrogen and oxygen atoms in total. The number of benzene rings is 3. The SMILES string of the molecule is CN(c1nc(Cl)nc2cc(C3(O)O[C@H](COCc4ccccc4)[C@@H](OCc4ccccc4)[C@H]3OCc3ccccc3)cnc12)C1CCCC1. The second-order valence-electron chi connectivity index (χ2n) is 12.8. The van der Waals surface area contributed by atoms with Crippen molar-refractivity contribution >= 4 is 28.5 Å². The summed E-state index contributed by atoms with van der Waals surface area (Å²) in [4.78, 5) is 16.1. The summed E-state index contributed by atoms with van der Waals surface area (Å²) in [6, 6.07) is 31.8. The highest BCUT2D eigenvalue weighted by Gasteiger charge is 2.57. The fourth-order valence-corrected chi connectivity index (χ4v) is 6.99. The van der Waals surface area contributed by atoms with E-state index in [-0.39, 0.29) is 18.5 Å². The third-order valence-corrected chi connectivity index (χ3v) is 9.61. The lowest BCUT2D eigenvalue weighted by Gasteiger charge is -2.31. The average Bonchev–Trinajstić information content (AvgIpc) is 3.77. The lowest BCUT2D eigenvalue weighted by atomic mass is 9.98. The van der Waals surface area contributed by atoms with Gasteiger partial charge in [0, 0.05) is 24.8 Å². The Hall–Kier alpha value is -3.96. The molecule has 1 aliphatic carbocycles. The minimum absolute atomic E-state index is 0.110. The van der Waals surface area contributed by atoms with Crippen molar-refractivity contribution in [1.82, 2.24) is 15.0 Å². The second-order valence-corrected chi connectivity index (χ2v) is 13.1. The van der Waals surface area contributed by atoms with Crippen LogP contribution in [0.3, 0.4) is 0 Å². The number of hydrogen-bond acceptors (Lipinski definition) is 9. The van der Waals surface area contributed by atoms with Gasteiger partial charge in [0.25, 0.3) is 0 Å². The standard InChI is InChI=1S/C39H41ClN4O5/c1-44(31-19-11-12-20-31)37-34-32(42-38(40)43-37)21-30(22-41-34)39(45)36(48-25-29-17-9-4-10-18-29)35(47-24-28-15-7-3-8-16-28)33(49-39)26-46-23-27-13-5-2-6-14-27/h2-10,13-18,21-22,31,33,35-36,45H,11-12,19-20,23-26H2,1H3/t33-,35-,36-,39?/m1/s1. The van der Waals surface area contributed by atoms with Crippen LogP contribution in [0.5, 0.6) is 0 Å². The zero-order chi connectivity index (χ0) is 33.6. The number of aromatic nitrogens is 3. The number of nitrogens with zero attached hydrogens (tertiary/aromatic N) is 4. The Bertz CT molecular complexity index is 1810. The largest absolute Gasteiger partial charge is 0.374 e. The molecule has 0 spiro atoms. The van der Waals surface area contributed by atoms with E-state index in [1.807, 2.05) is 98.0 Å². The summed E-state index contributed by atoms with van der Waals surface area (Å²) in [6.45, 7) is 1.06. The molecule has 2 aliphatic rings. The van der Waals surface area contributed by atoms with Crippen molar-refractivity contribution in [3.8, 4) is 0 Å². The molecule has 2 fully saturated rings. The molecule has 7 rings (SSSR count).